The molecule has 3 saturated carbocycles. The van der Waals surface area contributed by atoms with Gasteiger partial charge < -0.3 is 64.7 Å². The summed E-state index contributed by atoms with van der Waals surface area (Å²) in [6.07, 6.45) is 20.0. The molecule has 0 bridgehead atoms. The fourth-order valence-electron chi connectivity index (χ4n) is 16.1. The Balaban J connectivity index is 0.00000161. The number of nitrogens with two attached hydrogens (primary N) is 5. The molecule has 7 amide bonds. The number of hydrogen-bond acceptors (Lipinski definition) is 16. The molecule has 6 aliphatic rings. The molecule has 10 rings (SSSR count). The van der Waals surface area contributed by atoms with Gasteiger partial charge in [-0.1, -0.05) is 184 Å². The minimum absolute atomic E-state index is 0. The fourth-order valence-corrected chi connectivity index (χ4v) is 16.3. The summed E-state index contributed by atoms with van der Waals surface area (Å²) >= 11 is 5.25. The van der Waals surface area contributed by atoms with E-state index >= 15 is 0 Å². The quantitative estimate of drug-likeness (QED) is 0.0147. The molecule has 15 N–H and O–H groups in total. The van der Waals surface area contributed by atoms with E-state index in [-0.39, 0.29) is 195 Å². The average Bonchev–Trinajstić information content (AvgIpc) is 1.62. The van der Waals surface area contributed by atoms with Gasteiger partial charge in [-0.25, -0.2) is 9.59 Å². The van der Waals surface area contributed by atoms with Gasteiger partial charge in [0, 0.05) is 79.7 Å². The second-order valence-corrected chi connectivity index (χ2v) is 33.1. The number of ether oxygens (including phenoxy) is 2. The molecule has 4 aromatic rings. The molecule has 1 aliphatic heterocycles. The number of nitrogens with one attached hydrogen (secondary N) is 5. The molecule has 6 atom stereocenters. The van der Waals surface area contributed by atoms with E-state index in [1.165, 1.54) is 67.4 Å². The smallest absolute Gasteiger partial charge is 0.407 e. The van der Waals surface area contributed by atoms with E-state index in [1.54, 1.807) is 0 Å². The van der Waals surface area contributed by atoms with Crippen molar-refractivity contribution in [2.24, 2.45) is 81.9 Å². The van der Waals surface area contributed by atoms with E-state index in [1.807, 2.05) is 90.1 Å². The Labute approximate surface area is 754 Å². The number of benzene rings is 4. The van der Waals surface area contributed by atoms with Crippen LogP contribution in [0.5, 0.6) is 0 Å². The number of alkyl carbamates (subject to hydrolysis) is 2. The van der Waals surface area contributed by atoms with Gasteiger partial charge >= 0.3 is 12.2 Å². The highest BCUT2D eigenvalue weighted by Gasteiger charge is 2.35. The Hall–Kier alpha value is -6.28. The van der Waals surface area contributed by atoms with Gasteiger partial charge in [-0.15, -0.1) is 0 Å². The lowest BCUT2D eigenvalue weighted by molar-refractivity contribution is -0.132. The second kappa shape index (κ2) is 61.1. The Kier molecular flexibility index (Phi) is 57.9. The van der Waals surface area contributed by atoms with Crippen molar-refractivity contribution in [2.75, 3.05) is 45.9 Å². The highest BCUT2D eigenvalue weighted by Crippen LogP contribution is 2.46. The maximum atomic E-state index is 13.2. The molecule has 1 heterocycles. The number of halogens is 1. The third-order valence-electron chi connectivity index (χ3n) is 22.3. The van der Waals surface area contributed by atoms with E-state index < -0.39 is 65.8 Å². The largest absolute Gasteiger partial charge is 0.449 e. The number of carbonyl (C=O) groups is 11. The van der Waals surface area contributed by atoms with Crippen LogP contribution in [0.15, 0.2) is 97.1 Å². The summed E-state index contributed by atoms with van der Waals surface area (Å²) in [6, 6.07) is 30.7. The summed E-state index contributed by atoms with van der Waals surface area (Å²) in [5.41, 5.74) is 37.3. The molecule has 0 radical (unpaired) electrons. The summed E-state index contributed by atoms with van der Waals surface area (Å²) in [5, 5.41) is 14.5. The van der Waals surface area contributed by atoms with Gasteiger partial charge in [0.25, 0.3) is 0 Å². The van der Waals surface area contributed by atoms with Crippen LogP contribution in [-0.2, 0) is 52.6 Å². The second-order valence-electron chi connectivity index (χ2n) is 32.7. The molecule has 4 fully saturated rings. The highest BCUT2D eigenvalue weighted by molar-refractivity contribution is 7.60. The zero-order chi connectivity index (χ0) is 82.4. The number of rotatable bonds is 38. The molecule has 0 unspecified atom stereocenters. The molecule has 670 valence electrons. The maximum Gasteiger partial charge on any atom is 0.407 e. The maximum absolute atomic E-state index is 13.2. The first kappa shape index (κ1) is 113. The van der Waals surface area contributed by atoms with Crippen LogP contribution in [0.2, 0.25) is 0 Å². The third kappa shape index (κ3) is 39.4. The van der Waals surface area contributed by atoms with Crippen LogP contribution in [0.3, 0.4) is 0 Å². The fraction of sp³-hybridized carbons (Fsp3) is 0.607. The Morgan fingerprint density at radius 2 is 0.723 bits per heavy atom. The van der Waals surface area contributed by atoms with Crippen molar-refractivity contribution >= 4 is 157 Å². The summed E-state index contributed by atoms with van der Waals surface area (Å²) in [4.78, 5) is 134. The molecule has 5 aliphatic carbocycles. The lowest BCUT2D eigenvalue weighted by atomic mass is 9.89. The number of carbonyl (C=O) groups excluding carboxylic acids is 11. The standard InChI is InChI=1S/C33H43N3O5.C27H35N3O4.C18H33N3O3.C6H9ClO.C5H11N.6H2S/c1-21(2)18-23(31(34)38)19-30(37)29(36-32(39)22-10-3-4-11-22)16-9-17-35-33(40)41-20-28-26-14-7-5-12-24(26)25-13-6-8-15-27(25)28;1-17(2)14-18(26(29)32)15-25(31)24(28)12-7-13-30-27(33)34-16-23-21-10-5-3-8-19(21)20-9-4-6-11-22(20)23;1-12(2)10-14(17(20)23)11-16(22)15(8-5-9-19)21-18(24)13-6-3-4-7-13;7-6(8)5-3-1-2-4-5;1-2-4-6-5-3-1;;;;;;/h5-8,12-15,21-23,28-29H,3-4,9-11,16-20H2,1-2H3,(H2,34,38)(H,35,40)(H,36,39);3-6,8-11,17-18,23-24H,7,12-16,28H2,1-2H3,(H2,29,32)(H,30,33);12-15H,3-11,19H2,1-2H3,(H2,20,23)(H,21,24);5H,1-4H2;6H,1-5H2;6*1H2/t23-,29+;18-,24+;14-,15+;;;;;;;;/m111......../s1. The summed E-state index contributed by atoms with van der Waals surface area (Å²) in [5.74, 6) is -2.68. The van der Waals surface area contributed by atoms with E-state index in [0.717, 1.165) is 86.5 Å². The number of Topliss-reactive ketones (excluding diaryl/α,β-unsaturated/α-hetero) is 3. The van der Waals surface area contributed by atoms with Crippen molar-refractivity contribution in [1.29, 1.82) is 0 Å². The van der Waals surface area contributed by atoms with Crippen molar-refractivity contribution in [2.45, 2.75) is 245 Å². The number of piperidine rings is 1. The number of hydrogen-bond donors (Lipinski definition) is 10. The van der Waals surface area contributed by atoms with Crippen molar-refractivity contribution in [1.82, 2.24) is 26.6 Å². The van der Waals surface area contributed by atoms with Crippen LogP contribution < -0.4 is 55.3 Å². The summed E-state index contributed by atoms with van der Waals surface area (Å²) in [7, 11) is 0. The van der Waals surface area contributed by atoms with Crippen LogP contribution in [0.1, 0.15) is 249 Å². The Morgan fingerprint density at radius 1 is 0.420 bits per heavy atom. The van der Waals surface area contributed by atoms with Gasteiger partial charge in [0.2, 0.25) is 34.8 Å². The molecule has 1 saturated heterocycles. The van der Waals surface area contributed by atoms with E-state index in [2.05, 4.69) is 75.1 Å². The molecule has 0 aromatic heterocycles. The highest BCUT2D eigenvalue weighted by atomic mass is 35.5. The summed E-state index contributed by atoms with van der Waals surface area (Å²) in [6.45, 7) is 16.0. The van der Waals surface area contributed by atoms with E-state index in [9.17, 15) is 52.7 Å². The lowest BCUT2D eigenvalue weighted by Crippen LogP contribution is -2.45. The molecule has 4 aromatic carbocycles. The van der Waals surface area contributed by atoms with Crippen molar-refractivity contribution in [3.8, 4) is 22.3 Å². The first-order valence-electron chi connectivity index (χ1n) is 41.8. The van der Waals surface area contributed by atoms with Gasteiger partial charge in [-0.05, 0) is 203 Å². The molecule has 119 heavy (non-hydrogen) atoms. The van der Waals surface area contributed by atoms with Crippen molar-refractivity contribution < 1.29 is 62.2 Å². The van der Waals surface area contributed by atoms with Gasteiger partial charge in [0.15, 0.2) is 11.6 Å². The summed E-state index contributed by atoms with van der Waals surface area (Å²) < 4.78 is 11.1. The molecule has 23 nitrogen and oxygen atoms in total. The third-order valence-corrected chi connectivity index (χ3v) is 22.6. The van der Waals surface area contributed by atoms with Crippen LogP contribution in [0.4, 0.5) is 9.59 Å². The predicted molar refractivity (Wildman–Crippen MR) is 506 cm³/mol. The van der Waals surface area contributed by atoms with E-state index in [4.69, 9.17) is 49.7 Å². The monoisotopic (exact) mass is 1790 g/mol. The van der Waals surface area contributed by atoms with Gasteiger partial charge in [0.05, 0.1) is 18.1 Å². The molecule has 30 heteroatoms. The minimum Gasteiger partial charge on any atom is -0.449 e. The lowest BCUT2D eigenvalue weighted by Gasteiger charge is -2.22. The zero-order valence-corrected chi connectivity index (χ0v) is 77.7. The Bertz CT molecular complexity index is 3630. The number of amides is 7. The van der Waals surface area contributed by atoms with Crippen LogP contribution in [0, 0.1) is 53.3 Å². The topological polar surface area (TPSA) is 396 Å². The number of fused-ring (bicyclic) bond motifs is 6. The van der Waals surface area contributed by atoms with E-state index in [0.29, 0.717) is 77.4 Å². The van der Waals surface area contributed by atoms with Crippen LogP contribution in [-0.4, -0.2) is 128 Å². The zero-order valence-electron chi connectivity index (χ0n) is 70.9. The normalized spacial score (nSPS) is 15.8. The van der Waals surface area contributed by atoms with Crippen molar-refractivity contribution in [3.05, 3.63) is 119 Å². The minimum atomic E-state index is -0.721. The predicted octanol–water partition coefficient (Wildman–Crippen LogP) is 13.7. The van der Waals surface area contributed by atoms with Gasteiger partial charge in [-0.3, -0.25) is 43.2 Å². The molecular formula is C89H143ClN10O13S6. The van der Waals surface area contributed by atoms with Crippen LogP contribution in [0.25, 0.3) is 22.3 Å². The van der Waals surface area contributed by atoms with Crippen molar-refractivity contribution in [3.63, 3.8) is 0 Å². The SMILES string of the molecule is C1CCNCC1.CC(C)C[C@H](CC(=O)[C@@H](N)CCCNC(=O)OCC1c2ccccc2-c2ccccc21)C(N)=O.CC(C)C[C@H](CC(=O)[C@H](CCCN)NC(=O)C1CCCC1)C(N)=O.CC(C)C[C@H](CC(=O)[C@H](CCCNC(=O)OCC1c2ccccc2-c2ccccc21)NC(=O)C1CCCC1)C(N)=O.O=C(Cl)C1CCCC1.S.S.S.S.S.S. The Morgan fingerprint density at radius 3 is 1.00 bits per heavy atom. The van der Waals surface area contributed by atoms with Crippen LogP contribution >= 0.6 is 92.6 Å². The first-order chi connectivity index (χ1) is 54.2. The number of ketones is 3. The average molecular weight is 1790 g/mol. The van der Waals surface area contributed by atoms with Gasteiger partial charge in [-0.2, -0.15) is 81.0 Å². The molecule has 0 spiro atoms. The van der Waals surface area contributed by atoms with Gasteiger partial charge in [0.1, 0.15) is 19.0 Å². The number of primary amides is 3. The first-order valence-corrected chi connectivity index (χ1v) is 42.1. The molecular weight excluding hydrogens is 1640 g/mol.